The molecule has 1 amide bonds. The van der Waals surface area contributed by atoms with Crippen molar-refractivity contribution in [2.45, 2.75) is 31.3 Å². The normalized spacial score (nSPS) is 11.7. The molecule has 0 saturated carbocycles. The van der Waals surface area contributed by atoms with E-state index in [1.807, 2.05) is 0 Å². The van der Waals surface area contributed by atoms with E-state index in [1.54, 1.807) is 39.0 Å². The molecule has 0 spiro atoms. The lowest BCUT2D eigenvalue weighted by Gasteiger charge is -2.19. The molecule has 0 aliphatic carbocycles. The number of rotatable bonds is 8. The zero-order valence-electron chi connectivity index (χ0n) is 18.7. The summed E-state index contributed by atoms with van der Waals surface area (Å²) >= 11 is 0. The van der Waals surface area contributed by atoms with Gasteiger partial charge in [0.15, 0.2) is 0 Å². The number of anilines is 1. The summed E-state index contributed by atoms with van der Waals surface area (Å²) in [6, 6.07) is 12.2. The van der Waals surface area contributed by atoms with E-state index in [9.17, 15) is 18.0 Å². The van der Waals surface area contributed by atoms with Crippen LogP contribution in [0.25, 0.3) is 0 Å². The Kier molecular flexibility index (Phi) is 8.23. The van der Waals surface area contributed by atoms with Crippen LogP contribution in [-0.4, -0.2) is 57.7 Å². The summed E-state index contributed by atoms with van der Waals surface area (Å²) in [4.78, 5) is 24.3. The second-order valence-corrected chi connectivity index (χ2v) is 10.1. The van der Waals surface area contributed by atoms with Crippen LogP contribution in [0.4, 0.5) is 10.5 Å². The second-order valence-electron chi connectivity index (χ2n) is 7.95. The Bertz CT molecular complexity index is 1040. The maximum Gasteiger partial charge on any atom is 0.412 e. The van der Waals surface area contributed by atoms with Crippen molar-refractivity contribution in [1.82, 2.24) is 4.31 Å². The third-order valence-corrected chi connectivity index (χ3v) is 5.76. The van der Waals surface area contributed by atoms with E-state index < -0.39 is 27.7 Å². The van der Waals surface area contributed by atoms with Gasteiger partial charge in [-0.15, -0.1) is 0 Å². The first-order chi connectivity index (χ1) is 14.9. The minimum atomic E-state index is -3.51. The zero-order chi connectivity index (χ0) is 23.9. The van der Waals surface area contributed by atoms with Gasteiger partial charge in [-0.3, -0.25) is 5.32 Å². The van der Waals surface area contributed by atoms with Gasteiger partial charge in [-0.2, -0.15) is 0 Å². The Morgan fingerprint density at radius 1 is 1.00 bits per heavy atom. The van der Waals surface area contributed by atoms with Gasteiger partial charge in [0.1, 0.15) is 24.6 Å². The maximum absolute atomic E-state index is 12.2. The number of carbonyl (C=O) groups excluding carboxylic acids is 2. The van der Waals surface area contributed by atoms with Crippen LogP contribution in [0.3, 0.4) is 0 Å². The minimum Gasteiger partial charge on any atom is -0.490 e. The van der Waals surface area contributed by atoms with Gasteiger partial charge in [-0.05, 0) is 63.2 Å². The fraction of sp³-hybridized carbons (Fsp3) is 0.364. The maximum atomic E-state index is 12.2. The molecule has 0 fully saturated rings. The first-order valence-electron chi connectivity index (χ1n) is 9.81. The molecular formula is C22H28N2O7S. The molecule has 174 valence electrons. The Morgan fingerprint density at radius 2 is 1.66 bits per heavy atom. The Morgan fingerprint density at radius 3 is 2.25 bits per heavy atom. The average molecular weight is 465 g/mol. The van der Waals surface area contributed by atoms with Gasteiger partial charge in [0.25, 0.3) is 0 Å². The number of carbonyl (C=O) groups is 2. The van der Waals surface area contributed by atoms with Crippen molar-refractivity contribution in [2.24, 2.45) is 0 Å². The monoisotopic (exact) mass is 464 g/mol. The molecule has 0 aliphatic heterocycles. The molecule has 0 saturated heterocycles. The second kappa shape index (κ2) is 10.5. The van der Waals surface area contributed by atoms with Crippen molar-refractivity contribution in [1.29, 1.82) is 0 Å². The minimum absolute atomic E-state index is 0.0136. The van der Waals surface area contributed by atoms with E-state index in [0.29, 0.717) is 11.4 Å². The van der Waals surface area contributed by atoms with E-state index in [1.165, 1.54) is 44.4 Å². The third-order valence-electron chi connectivity index (χ3n) is 3.93. The fourth-order valence-electron chi connectivity index (χ4n) is 2.44. The number of amides is 1. The Balaban J connectivity index is 1.84. The summed E-state index contributed by atoms with van der Waals surface area (Å²) in [6.07, 6.45) is -0.624. The number of benzene rings is 2. The van der Waals surface area contributed by atoms with Gasteiger partial charge in [-0.25, -0.2) is 22.3 Å². The van der Waals surface area contributed by atoms with Crippen LogP contribution in [0.2, 0.25) is 0 Å². The van der Waals surface area contributed by atoms with Crippen molar-refractivity contribution in [3.63, 3.8) is 0 Å². The SMILES string of the molecule is CN(C)S(=O)(=O)c1ccc(OCCOC(=O)c2cccc(NC(=O)OC(C)(C)C)c2)cc1. The number of sulfonamides is 1. The van der Waals surface area contributed by atoms with E-state index in [0.717, 1.165) is 4.31 Å². The summed E-state index contributed by atoms with van der Waals surface area (Å²) < 4.78 is 41.1. The summed E-state index contributed by atoms with van der Waals surface area (Å²) in [5, 5.41) is 2.57. The number of hydrogen-bond donors (Lipinski definition) is 1. The van der Waals surface area contributed by atoms with E-state index in [2.05, 4.69) is 5.32 Å². The molecule has 0 radical (unpaired) electrons. The van der Waals surface area contributed by atoms with Crippen molar-refractivity contribution in [3.8, 4) is 5.75 Å². The van der Waals surface area contributed by atoms with Crippen molar-refractivity contribution in [2.75, 3.05) is 32.6 Å². The first-order valence-corrected chi connectivity index (χ1v) is 11.2. The number of nitrogens with one attached hydrogen (secondary N) is 1. The molecule has 0 unspecified atom stereocenters. The van der Waals surface area contributed by atoms with Gasteiger partial charge in [0, 0.05) is 19.8 Å². The lowest BCUT2D eigenvalue weighted by molar-refractivity contribution is 0.0449. The Labute approximate surface area is 188 Å². The Hall–Kier alpha value is -3.11. The average Bonchev–Trinajstić information content (AvgIpc) is 2.70. The van der Waals surface area contributed by atoms with Crippen molar-refractivity contribution >= 4 is 27.8 Å². The zero-order valence-corrected chi connectivity index (χ0v) is 19.6. The van der Waals surface area contributed by atoms with Crippen LogP contribution < -0.4 is 10.1 Å². The van der Waals surface area contributed by atoms with Gasteiger partial charge >= 0.3 is 12.1 Å². The highest BCUT2D eigenvalue weighted by Gasteiger charge is 2.18. The quantitative estimate of drug-likeness (QED) is 0.470. The molecule has 2 rings (SSSR count). The summed E-state index contributed by atoms with van der Waals surface area (Å²) in [5.41, 5.74) is 0.0242. The van der Waals surface area contributed by atoms with Gasteiger partial charge in [0.05, 0.1) is 10.5 Å². The molecule has 1 N–H and O–H groups in total. The van der Waals surface area contributed by atoms with Crippen LogP contribution in [0.5, 0.6) is 5.75 Å². The lowest BCUT2D eigenvalue weighted by atomic mass is 10.2. The first kappa shape index (κ1) is 25.2. The molecule has 2 aromatic carbocycles. The van der Waals surface area contributed by atoms with Gasteiger partial charge in [0.2, 0.25) is 10.0 Å². The van der Waals surface area contributed by atoms with Crippen molar-refractivity contribution < 1.29 is 32.2 Å². The third kappa shape index (κ3) is 7.54. The highest BCUT2D eigenvalue weighted by molar-refractivity contribution is 7.89. The number of nitrogens with zero attached hydrogens (tertiary/aromatic N) is 1. The van der Waals surface area contributed by atoms with Crippen molar-refractivity contribution in [3.05, 3.63) is 54.1 Å². The summed E-state index contributed by atoms with van der Waals surface area (Å²) in [7, 11) is -0.595. The summed E-state index contributed by atoms with van der Waals surface area (Å²) in [5.74, 6) is -0.129. The number of ether oxygens (including phenoxy) is 3. The standard InChI is InChI=1S/C22H28N2O7S/c1-22(2,3)31-21(26)23-17-8-6-7-16(15-17)20(25)30-14-13-29-18-9-11-19(12-10-18)32(27,28)24(4)5/h6-12,15H,13-14H2,1-5H3,(H,23,26). The molecule has 0 heterocycles. The molecule has 0 bridgehead atoms. The number of esters is 1. The van der Waals surface area contributed by atoms with Crippen LogP contribution >= 0.6 is 0 Å². The molecule has 0 aliphatic rings. The van der Waals surface area contributed by atoms with Crippen LogP contribution in [0, 0.1) is 0 Å². The van der Waals surface area contributed by atoms with Gasteiger partial charge < -0.3 is 14.2 Å². The molecule has 0 aromatic heterocycles. The van der Waals surface area contributed by atoms with E-state index in [4.69, 9.17) is 14.2 Å². The molecule has 0 atom stereocenters. The van der Waals surface area contributed by atoms with Crippen LogP contribution in [0.15, 0.2) is 53.4 Å². The summed E-state index contributed by atoms with van der Waals surface area (Å²) in [6.45, 7) is 5.33. The van der Waals surface area contributed by atoms with E-state index in [-0.39, 0.29) is 23.7 Å². The highest BCUT2D eigenvalue weighted by Crippen LogP contribution is 2.18. The molecule has 9 nitrogen and oxygen atoms in total. The van der Waals surface area contributed by atoms with Crippen LogP contribution in [0.1, 0.15) is 31.1 Å². The topological polar surface area (TPSA) is 111 Å². The van der Waals surface area contributed by atoms with E-state index >= 15 is 0 Å². The lowest BCUT2D eigenvalue weighted by Crippen LogP contribution is -2.27. The predicted molar refractivity (Wildman–Crippen MR) is 119 cm³/mol. The fourth-order valence-corrected chi connectivity index (χ4v) is 3.34. The predicted octanol–water partition coefficient (Wildman–Crippen LogP) is 3.52. The highest BCUT2D eigenvalue weighted by atomic mass is 32.2. The molecule has 10 heteroatoms. The molecule has 32 heavy (non-hydrogen) atoms. The number of hydrogen-bond acceptors (Lipinski definition) is 7. The molecular weight excluding hydrogens is 436 g/mol. The smallest absolute Gasteiger partial charge is 0.412 e. The van der Waals surface area contributed by atoms with Gasteiger partial charge in [-0.1, -0.05) is 6.07 Å². The van der Waals surface area contributed by atoms with Crippen LogP contribution in [-0.2, 0) is 19.5 Å². The largest absolute Gasteiger partial charge is 0.490 e. The molecule has 2 aromatic rings.